The van der Waals surface area contributed by atoms with Crippen molar-refractivity contribution in [2.75, 3.05) is 18.5 Å². The van der Waals surface area contributed by atoms with Crippen LogP contribution in [0.15, 0.2) is 54.6 Å². The van der Waals surface area contributed by atoms with Gasteiger partial charge in [0.15, 0.2) is 0 Å². The molecule has 0 saturated heterocycles. The van der Waals surface area contributed by atoms with Crippen LogP contribution in [0.25, 0.3) is 0 Å². The van der Waals surface area contributed by atoms with Crippen LogP contribution in [0.1, 0.15) is 37.4 Å². The van der Waals surface area contributed by atoms with E-state index in [1.54, 1.807) is 0 Å². The molecule has 24 heavy (non-hydrogen) atoms. The minimum Gasteiger partial charge on any atom is -0.359 e. The lowest BCUT2D eigenvalue weighted by atomic mass is 9.96. The molecule has 0 radical (unpaired) electrons. The fraction of sp³-hybridized carbons (Fsp3) is 0.381. The Balaban J connectivity index is 1.75. The molecular formula is C21H26N2O. The first-order valence-corrected chi connectivity index (χ1v) is 8.73. The van der Waals surface area contributed by atoms with E-state index in [0.29, 0.717) is 12.6 Å². The van der Waals surface area contributed by atoms with Crippen molar-refractivity contribution in [1.82, 2.24) is 4.90 Å². The number of rotatable bonds is 4. The van der Waals surface area contributed by atoms with Gasteiger partial charge in [0.2, 0.25) is 5.91 Å². The minimum atomic E-state index is 0.0778. The van der Waals surface area contributed by atoms with Gasteiger partial charge in [-0.1, -0.05) is 48.5 Å². The zero-order chi connectivity index (χ0) is 17.1. The number of nitrogens with zero attached hydrogens (tertiary/aromatic N) is 2. The Kier molecular flexibility index (Phi) is 4.89. The van der Waals surface area contributed by atoms with E-state index in [-0.39, 0.29) is 11.9 Å². The van der Waals surface area contributed by atoms with E-state index in [2.05, 4.69) is 55.1 Å². The number of likely N-dealkylation sites (N-methyl/N-ethyl adjacent to an activating group) is 1. The number of hydrogen-bond acceptors (Lipinski definition) is 2. The number of carbonyl (C=O) groups is 1. The molecule has 1 aliphatic rings. The molecule has 1 amide bonds. The smallest absolute Gasteiger partial charge is 0.242 e. The van der Waals surface area contributed by atoms with Crippen LogP contribution in [0.2, 0.25) is 0 Å². The zero-order valence-electron chi connectivity index (χ0n) is 14.8. The Morgan fingerprint density at radius 3 is 2.58 bits per heavy atom. The van der Waals surface area contributed by atoms with Crippen molar-refractivity contribution in [3.8, 4) is 0 Å². The Hall–Kier alpha value is -2.29. The monoisotopic (exact) mass is 322 g/mol. The summed E-state index contributed by atoms with van der Waals surface area (Å²) in [6.45, 7) is 4.73. The number of amides is 1. The number of aryl methyl sites for hydroxylation is 1. The van der Waals surface area contributed by atoms with Crippen molar-refractivity contribution in [3.63, 3.8) is 0 Å². The molecule has 126 valence electrons. The van der Waals surface area contributed by atoms with Gasteiger partial charge in [0.1, 0.15) is 0 Å². The largest absolute Gasteiger partial charge is 0.359 e. The molecule has 3 nitrogen and oxygen atoms in total. The highest BCUT2D eigenvalue weighted by atomic mass is 16.2. The van der Waals surface area contributed by atoms with Gasteiger partial charge in [-0.2, -0.15) is 0 Å². The van der Waals surface area contributed by atoms with Gasteiger partial charge in [-0.05, 0) is 43.9 Å². The summed E-state index contributed by atoms with van der Waals surface area (Å²) >= 11 is 0. The maximum Gasteiger partial charge on any atom is 0.242 e. The van der Waals surface area contributed by atoms with Gasteiger partial charge in [-0.3, -0.25) is 4.79 Å². The number of fused-ring (bicyclic) bond motifs is 1. The minimum absolute atomic E-state index is 0.0778. The number of carbonyl (C=O) groups excluding carboxylic acids is 1. The first-order valence-electron chi connectivity index (χ1n) is 8.73. The molecule has 2 unspecified atom stereocenters. The van der Waals surface area contributed by atoms with Gasteiger partial charge in [0.05, 0.1) is 12.6 Å². The molecule has 0 aliphatic carbocycles. The lowest BCUT2D eigenvalue weighted by Crippen LogP contribution is -2.45. The van der Waals surface area contributed by atoms with Crippen molar-refractivity contribution in [3.05, 3.63) is 65.7 Å². The molecule has 2 aromatic carbocycles. The Morgan fingerprint density at radius 2 is 1.83 bits per heavy atom. The molecule has 0 saturated carbocycles. The predicted molar refractivity (Wildman–Crippen MR) is 99.2 cm³/mol. The summed E-state index contributed by atoms with van der Waals surface area (Å²) in [6.07, 6.45) is 2.19. The molecule has 0 fully saturated rings. The molecule has 0 aromatic heterocycles. The Labute approximate surface area is 144 Å². The van der Waals surface area contributed by atoms with Crippen LogP contribution >= 0.6 is 0 Å². The molecule has 2 atom stereocenters. The molecule has 0 bridgehead atoms. The SMILES string of the molecule is CC(c1ccccc1)N(C)C(=O)CN1c2ccccc2CCC1C. The third-order valence-electron chi connectivity index (χ3n) is 5.23. The molecule has 1 heterocycles. The van der Waals surface area contributed by atoms with Crippen LogP contribution in [-0.2, 0) is 11.2 Å². The molecule has 0 N–H and O–H groups in total. The molecule has 3 rings (SSSR count). The van der Waals surface area contributed by atoms with Crippen LogP contribution in [0, 0.1) is 0 Å². The van der Waals surface area contributed by atoms with E-state index in [4.69, 9.17) is 0 Å². The van der Waals surface area contributed by atoms with E-state index in [0.717, 1.165) is 12.8 Å². The maximum absolute atomic E-state index is 12.9. The van der Waals surface area contributed by atoms with E-state index in [9.17, 15) is 4.79 Å². The van der Waals surface area contributed by atoms with Crippen molar-refractivity contribution in [2.45, 2.75) is 38.8 Å². The summed E-state index contributed by atoms with van der Waals surface area (Å²) in [4.78, 5) is 17.0. The summed E-state index contributed by atoms with van der Waals surface area (Å²) in [7, 11) is 1.90. The van der Waals surface area contributed by atoms with E-state index in [1.807, 2.05) is 30.1 Å². The summed E-state index contributed by atoms with van der Waals surface area (Å²) in [5.41, 5.74) is 3.73. The lowest BCUT2D eigenvalue weighted by molar-refractivity contribution is -0.130. The second-order valence-electron chi connectivity index (χ2n) is 6.74. The Bertz CT molecular complexity index is 698. The highest BCUT2D eigenvalue weighted by Gasteiger charge is 2.27. The standard InChI is InChI=1S/C21H26N2O/c1-16-13-14-19-11-7-8-12-20(19)23(16)15-21(24)22(3)17(2)18-9-5-4-6-10-18/h4-12,16-17H,13-15H2,1-3H3. The predicted octanol–water partition coefficient (Wildman–Crippen LogP) is 4.05. The number of anilines is 1. The molecule has 1 aliphatic heterocycles. The van der Waals surface area contributed by atoms with Crippen LogP contribution < -0.4 is 4.90 Å². The van der Waals surface area contributed by atoms with Gasteiger partial charge in [-0.15, -0.1) is 0 Å². The highest BCUT2D eigenvalue weighted by Crippen LogP contribution is 2.30. The molecule has 2 aromatic rings. The fourth-order valence-corrected chi connectivity index (χ4v) is 3.43. The van der Waals surface area contributed by atoms with Gasteiger partial charge in [0, 0.05) is 18.8 Å². The summed E-state index contributed by atoms with van der Waals surface area (Å²) in [5.74, 6) is 0.162. The van der Waals surface area contributed by atoms with Crippen LogP contribution in [-0.4, -0.2) is 30.4 Å². The number of para-hydroxylation sites is 1. The number of hydrogen-bond donors (Lipinski definition) is 0. The Morgan fingerprint density at radius 1 is 1.17 bits per heavy atom. The fourth-order valence-electron chi connectivity index (χ4n) is 3.43. The summed E-state index contributed by atoms with van der Waals surface area (Å²) < 4.78 is 0. The molecular weight excluding hydrogens is 296 g/mol. The van der Waals surface area contributed by atoms with Gasteiger partial charge >= 0.3 is 0 Å². The van der Waals surface area contributed by atoms with Gasteiger partial charge < -0.3 is 9.80 Å². The second kappa shape index (κ2) is 7.08. The topological polar surface area (TPSA) is 23.6 Å². The lowest BCUT2D eigenvalue weighted by Gasteiger charge is -2.38. The van der Waals surface area contributed by atoms with Crippen LogP contribution in [0.5, 0.6) is 0 Å². The normalized spacial score (nSPS) is 18.0. The number of benzene rings is 2. The van der Waals surface area contributed by atoms with Gasteiger partial charge in [-0.25, -0.2) is 0 Å². The van der Waals surface area contributed by atoms with E-state index in [1.165, 1.54) is 16.8 Å². The van der Waals surface area contributed by atoms with Crippen LogP contribution in [0.3, 0.4) is 0 Å². The van der Waals surface area contributed by atoms with Crippen molar-refractivity contribution >= 4 is 11.6 Å². The molecule has 0 spiro atoms. The first kappa shape index (κ1) is 16.6. The van der Waals surface area contributed by atoms with Crippen molar-refractivity contribution in [1.29, 1.82) is 0 Å². The molecule has 3 heteroatoms. The maximum atomic E-state index is 12.9. The van der Waals surface area contributed by atoms with E-state index >= 15 is 0 Å². The second-order valence-corrected chi connectivity index (χ2v) is 6.74. The zero-order valence-corrected chi connectivity index (χ0v) is 14.8. The van der Waals surface area contributed by atoms with Crippen molar-refractivity contribution in [2.24, 2.45) is 0 Å². The third-order valence-corrected chi connectivity index (χ3v) is 5.23. The van der Waals surface area contributed by atoms with E-state index < -0.39 is 0 Å². The quantitative estimate of drug-likeness (QED) is 0.848. The summed E-state index contributed by atoms with van der Waals surface area (Å²) in [6, 6.07) is 19.1. The highest BCUT2D eigenvalue weighted by molar-refractivity contribution is 5.82. The third kappa shape index (κ3) is 3.30. The van der Waals surface area contributed by atoms with Crippen molar-refractivity contribution < 1.29 is 4.79 Å². The average molecular weight is 322 g/mol. The van der Waals surface area contributed by atoms with Gasteiger partial charge in [0.25, 0.3) is 0 Å². The summed E-state index contributed by atoms with van der Waals surface area (Å²) in [5, 5.41) is 0. The average Bonchev–Trinajstić information content (AvgIpc) is 2.63. The van der Waals surface area contributed by atoms with Crippen LogP contribution in [0.4, 0.5) is 5.69 Å². The first-order chi connectivity index (χ1) is 11.6.